The molecule has 0 fully saturated rings. The van der Waals surface area contributed by atoms with Crippen molar-refractivity contribution in [3.63, 3.8) is 0 Å². The molecule has 3 aromatic carbocycles. The average molecular weight is 645 g/mol. The van der Waals surface area contributed by atoms with Crippen LogP contribution in [0.4, 0.5) is 0 Å². The Hall–Kier alpha value is -2.62. The van der Waals surface area contributed by atoms with E-state index in [9.17, 15) is 4.79 Å². The van der Waals surface area contributed by atoms with Gasteiger partial charge in [-0.2, -0.15) is 0 Å². The summed E-state index contributed by atoms with van der Waals surface area (Å²) >= 11 is 1.74. The lowest BCUT2D eigenvalue weighted by molar-refractivity contribution is -0.136. The maximum absolute atomic E-state index is 13.0. The van der Waals surface area contributed by atoms with Crippen molar-refractivity contribution >= 4 is 39.3 Å². The van der Waals surface area contributed by atoms with E-state index in [1.807, 2.05) is 42.5 Å². The van der Waals surface area contributed by atoms with Gasteiger partial charge in [-0.15, -0.1) is 11.8 Å². The van der Waals surface area contributed by atoms with Crippen LogP contribution in [-0.4, -0.2) is 40.2 Å². The van der Waals surface area contributed by atoms with Gasteiger partial charge in [-0.1, -0.05) is 73.5 Å². The normalized spacial score (nSPS) is 13.1. The molecule has 0 saturated heterocycles. The topological polar surface area (TPSA) is 63.2 Å². The number of esters is 1. The quantitative estimate of drug-likeness (QED) is 0.0619. The Morgan fingerprint density at radius 2 is 1.49 bits per heavy atom. The first kappa shape index (κ1) is 34.9. The zero-order chi connectivity index (χ0) is 31.4. The first-order chi connectivity index (χ1) is 20.8. The van der Waals surface area contributed by atoms with Crippen molar-refractivity contribution in [1.82, 2.24) is 0 Å². The minimum Gasteiger partial charge on any atom is -0.497 e. The Bertz CT molecular complexity index is 1310. The first-order valence-corrected chi connectivity index (χ1v) is 17.7. The van der Waals surface area contributed by atoms with Gasteiger partial charge in [0.1, 0.15) is 11.5 Å². The summed E-state index contributed by atoms with van der Waals surface area (Å²) in [6.07, 6.45) is 1.09. The van der Waals surface area contributed by atoms with Gasteiger partial charge in [-0.05, 0) is 60.1 Å². The van der Waals surface area contributed by atoms with Gasteiger partial charge >= 0.3 is 5.97 Å². The number of thioether (sulfide) groups is 1. The molecule has 6 nitrogen and oxygen atoms in total. The first-order valence-electron chi connectivity index (χ1n) is 14.4. The van der Waals surface area contributed by atoms with Crippen LogP contribution in [0.25, 0.3) is 0 Å². The Labute approximate surface area is 269 Å². The number of carbonyl (C=O) groups is 1. The maximum atomic E-state index is 13.0. The van der Waals surface area contributed by atoms with Gasteiger partial charge in [-0.3, -0.25) is 4.79 Å². The summed E-state index contributed by atoms with van der Waals surface area (Å²) in [6.45, 7) is 8.67. The molecule has 0 aliphatic carbocycles. The maximum Gasteiger partial charge on any atom is 0.311 e. The minimum absolute atomic E-state index is 0.119. The van der Waals surface area contributed by atoms with Gasteiger partial charge in [0.25, 0.3) is 0 Å². The second kappa shape index (κ2) is 17.6. The highest BCUT2D eigenvalue weighted by Crippen LogP contribution is 2.47. The summed E-state index contributed by atoms with van der Waals surface area (Å²) in [5.41, 5.74) is 2.26. The van der Waals surface area contributed by atoms with Crippen LogP contribution in [0.1, 0.15) is 45.2 Å². The fourth-order valence-corrected chi connectivity index (χ4v) is 7.58. The van der Waals surface area contributed by atoms with E-state index < -0.39 is 0 Å². The van der Waals surface area contributed by atoms with Crippen molar-refractivity contribution in [2.75, 3.05) is 34.2 Å². The molecule has 0 saturated carbocycles. The molecular weight excluding hydrogens is 601 g/mol. The van der Waals surface area contributed by atoms with Crippen molar-refractivity contribution in [1.29, 1.82) is 0 Å². The SMILES string of the molecule is CCSSc1ccccc1OC(=O)CC(C)C(C)C(C)Cc1c(SCc2ccc(OC)cc2)cc(OC)c(OC)c1OC. The predicted octanol–water partition coefficient (Wildman–Crippen LogP) is 9.22. The molecule has 0 aromatic heterocycles. The molecule has 0 spiro atoms. The van der Waals surface area contributed by atoms with Crippen molar-refractivity contribution in [3.05, 3.63) is 65.7 Å². The number of para-hydroxylation sites is 1. The van der Waals surface area contributed by atoms with Crippen LogP contribution < -0.4 is 23.7 Å². The zero-order valence-corrected chi connectivity index (χ0v) is 28.9. The summed E-state index contributed by atoms with van der Waals surface area (Å²) in [5, 5.41) is 0. The zero-order valence-electron chi connectivity index (χ0n) is 26.4. The van der Waals surface area contributed by atoms with E-state index in [0.29, 0.717) is 29.4 Å². The summed E-state index contributed by atoms with van der Waals surface area (Å²) in [5.74, 6) is 5.52. The molecule has 0 heterocycles. The van der Waals surface area contributed by atoms with Gasteiger partial charge in [0, 0.05) is 28.4 Å². The molecule has 0 aliphatic heterocycles. The standard InChI is InChI=1S/C34H44O6S3/c1-9-42-43-30-13-11-10-12-28(30)40-32(35)19-23(3)24(4)22(2)18-27-31(20-29(37-6)34(39-8)33(27)38-7)41-21-25-14-16-26(36-5)17-15-25/h10-17,20,22-24H,9,18-19,21H2,1-8H3. The number of hydrogen-bond donors (Lipinski definition) is 0. The number of rotatable bonds is 17. The number of benzene rings is 3. The highest BCUT2D eigenvalue weighted by molar-refractivity contribution is 8.76. The van der Waals surface area contributed by atoms with E-state index >= 15 is 0 Å². The third-order valence-corrected chi connectivity index (χ3v) is 11.2. The number of carbonyl (C=O) groups excluding carboxylic acids is 1. The highest BCUT2D eigenvalue weighted by atomic mass is 33.1. The molecule has 3 rings (SSSR count). The largest absolute Gasteiger partial charge is 0.497 e. The van der Waals surface area contributed by atoms with Gasteiger partial charge in [-0.25, -0.2) is 0 Å². The van der Waals surface area contributed by atoms with Crippen LogP contribution in [0.2, 0.25) is 0 Å². The Morgan fingerprint density at radius 1 is 0.791 bits per heavy atom. The molecule has 3 aromatic rings. The second-order valence-electron chi connectivity index (χ2n) is 10.4. The molecule has 0 amide bonds. The van der Waals surface area contributed by atoms with Gasteiger partial charge < -0.3 is 23.7 Å². The molecule has 0 N–H and O–H groups in total. The smallest absolute Gasteiger partial charge is 0.311 e. The minimum atomic E-state index is -0.208. The van der Waals surface area contributed by atoms with Gasteiger partial charge in [0.05, 0.1) is 33.3 Å². The van der Waals surface area contributed by atoms with E-state index in [-0.39, 0.29) is 23.7 Å². The van der Waals surface area contributed by atoms with E-state index in [4.69, 9.17) is 23.7 Å². The highest BCUT2D eigenvalue weighted by Gasteiger charge is 2.27. The van der Waals surface area contributed by atoms with E-state index in [0.717, 1.165) is 39.0 Å². The molecular formula is C34H44O6S3. The second-order valence-corrected chi connectivity index (χ2v) is 14.0. The predicted molar refractivity (Wildman–Crippen MR) is 181 cm³/mol. The van der Waals surface area contributed by atoms with Crippen LogP contribution >= 0.6 is 33.3 Å². The molecule has 0 aliphatic rings. The molecule has 3 unspecified atom stereocenters. The van der Waals surface area contributed by atoms with Crippen molar-refractivity contribution in [2.24, 2.45) is 17.8 Å². The van der Waals surface area contributed by atoms with Crippen LogP contribution in [-0.2, 0) is 17.0 Å². The van der Waals surface area contributed by atoms with Crippen LogP contribution in [0.15, 0.2) is 64.4 Å². The molecule has 0 radical (unpaired) electrons. The number of ether oxygens (including phenoxy) is 5. The molecule has 0 bridgehead atoms. The lowest BCUT2D eigenvalue weighted by Crippen LogP contribution is -2.23. The monoisotopic (exact) mass is 644 g/mol. The van der Waals surface area contributed by atoms with Gasteiger partial charge in [0.2, 0.25) is 5.75 Å². The summed E-state index contributed by atoms with van der Waals surface area (Å²) in [7, 11) is 9.97. The van der Waals surface area contributed by atoms with Crippen LogP contribution in [0.3, 0.4) is 0 Å². The fraction of sp³-hybridized carbons (Fsp3) is 0.441. The Balaban J connectivity index is 1.77. The van der Waals surface area contributed by atoms with Crippen molar-refractivity contribution < 1.29 is 28.5 Å². The molecule has 43 heavy (non-hydrogen) atoms. The summed E-state index contributed by atoms with van der Waals surface area (Å²) in [4.78, 5) is 15.1. The third-order valence-electron chi connectivity index (χ3n) is 7.59. The van der Waals surface area contributed by atoms with Crippen LogP contribution in [0, 0.1) is 17.8 Å². The summed E-state index contributed by atoms with van der Waals surface area (Å²) in [6, 6.07) is 17.9. The van der Waals surface area contributed by atoms with Crippen molar-refractivity contribution in [2.45, 2.75) is 56.1 Å². The Morgan fingerprint density at radius 3 is 2.12 bits per heavy atom. The Kier molecular flexibility index (Phi) is 14.3. The number of methoxy groups -OCH3 is 4. The van der Waals surface area contributed by atoms with Crippen LogP contribution in [0.5, 0.6) is 28.7 Å². The fourth-order valence-electron chi connectivity index (χ4n) is 4.81. The molecule has 3 atom stereocenters. The molecule has 234 valence electrons. The van der Waals surface area contributed by atoms with E-state index in [1.54, 1.807) is 61.8 Å². The van der Waals surface area contributed by atoms with E-state index in [2.05, 4.69) is 39.8 Å². The van der Waals surface area contributed by atoms with Gasteiger partial charge in [0.15, 0.2) is 11.5 Å². The number of hydrogen-bond acceptors (Lipinski definition) is 9. The van der Waals surface area contributed by atoms with E-state index in [1.165, 1.54) is 5.56 Å². The summed E-state index contributed by atoms with van der Waals surface area (Å²) < 4.78 is 28.5. The lowest BCUT2D eigenvalue weighted by atomic mass is 9.80. The van der Waals surface area contributed by atoms with Crippen molar-refractivity contribution in [3.8, 4) is 28.7 Å². The molecule has 9 heteroatoms. The lowest BCUT2D eigenvalue weighted by Gasteiger charge is -2.28. The average Bonchev–Trinajstić information content (AvgIpc) is 3.02. The third kappa shape index (κ3) is 9.68.